The maximum absolute atomic E-state index is 4.68. The van der Waals surface area contributed by atoms with Gasteiger partial charge >= 0.3 is 23.1 Å². The third-order valence-electron chi connectivity index (χ3n) is 0.880. The quantitative estimate of drug-likeness (QED) is 0.317. The van der Waals surface area contributed by atoms with Crippen LogP contribution in [-0.4, -0.2) is 28.4 Å². The summed E-state index contributed by atoms with van der Waals surface area (Å²) in [6.07, 6.45) is 0. The SMILES string of the molecule is S=Cc1cc[c-]cc1.[Br-].[Mg+2]. The number of benzene rings is 1. The maximum atomic E-state index is 4.68. The van der Waals surface area contributed by atoms with Crippen molar-refractivity contribution in [3.63, 3.8) is 0 Å². The third kappa shape index (κ3) is 4.38. The summed E-state index contributed by atoms with van der Waals surface area (Å²) < 4.78 is 0. The summed E-state index contributed by atoms with van der Waals surface area (Å²) in [5.74, 6) is 0. The molecule has 0 atom stereocenters. The molecule has 0 N–H and O–H groups in total. The molecule has 10 heavy (non-hydrogen) atoms. The Morgan fingerprint density at radius 3 is 2.10 bits per heavy atom. The van der Waals surface area contributed by atoms with Crippen LogP contribution in [0.1, 0.15) is 5.56 Å². The number of hydrogen-bond donors (Lipinski definition) is 0. The van der Waals surface area contributed by atoms with E-state index in [-0.39, 0.29) is 40.0 Å². The molecule has 1 aromatic carbocycles. The van der Waals surface area contributed by atoms with E-state index in [2.05, 4.69) is 18.3 Å². The summed E-state index contributed by atoms with van der Waals surface area (Å²) in [6, 6.07) is 10.4. The van der Waals surface area contributed by atoms with Gasteiger partial charge in [0.1, 0.15) is 0 Å². The van der Waals surface area contributed by atoms with Crippen molar-refractivity contribution in [1.82, 2.24) is 0 Å². The fourth-order valence-electron chi connectivity index (χ4n) is 0.478. The van der Waals surface area contributed by atoms with Gasteiger partial charge in [-0.1, -0.05) is 12.2 Å². The Bertz CT molecular complexity index is 176. The summed E-state index contributed by atoms with van der Waals surface area (Å²) in [4.78, 5) is 0. The van der Waals surface area contributed by atoms with E-state index in [1.54, 1.807) is 5.37 Å². The van der Waals surface area contributed by atoms with Crippen LogP contribution in [0.5, 0.6) is 0 Å². The molecule has 48 valence electrons. The first kappa shape index (κ1) is 13.2. The topological polar surface area (TPSA) is 0 Å². The molecule has 0 saturated heterocycles. The zero-order chi connectivity index (χ0) is 5.82. The van der Waals surface area contributed by atoms with E-state index >= 15 is 0 Å². The van der Waals surface area contributed by atoms with Crippen molar-refractivity contribution in [3.8, 4) is 0 Å². The monoisotopic (exact) mass is 224 g/mol. The second kappa shape index (κ2) is 7.66. The average Bonchev–Trinajstić information content (AvgIpc) is 1.90. The minimum absolute atomic E-state index is 0. The Balaban J connectivity index is 0. The molecule has 3 heteroatoms. The van der Waals surface area contributed by atoms with Crippen molar-refractivity contribution in [3.05, 3.63) is 35.9 Å². The first-order valence-electron chi connectivity index (χ1n) is 2.35. The van der Waals surface area contributed by atoms with Crippen molar-refractivity contribution in [1.29, 1.82) is 0 Å². The van der Waals surface area contributed by atoms with E-state index in [4.69, 9.17) is 0 Å². The molecule has 0 fully saturated rings. The van der Waals surface area contributed by atoms with Crippen LogP contribution in [0.25, 0.3) is 0 Å². The van der Waals surface area contributed by atoms with Crippen molar-refractivity contribution in [2.45, 2.75) is 0 Å². The van der Waals surface area contributed by atoms with E-state index in [0.717, 1.165) is 5.56 Å². The van der Waals surface area contributed by atoms with Gasteiger partial charge in [-0.25, -0.2) is 0 Å². The van der Waals surface area contributed by atoms with Crippen LogP contribution in [-0.2, 0) is 0 Å². The molecular formula is C7H5BrMgS. The number of halogens is 1. The Labute approximate surface area is 92.9 Å². The molecule has 0 aliphatic carbocycles. The van der Waals surface area contributed by atoms with Crippen LogP contribution in [0.3, 0.4) is 0 Å². The predicted molar refractivity (Wildman–Crippen MR) is 43.8 cm³/mol. The van der Waals surface area contributed by atoms with Crippen molar-refractivity contribution in [2.24, 2.45) is 0 Å². The van der Waals surface area contributed by atoms with E-state index in [0.29, 0.717) is 0 Å². The molecule has 0 unspecified atom stereocenters. The molecular weight excluding hydrogens is 220 g/mol. The van der Waals surface area contributed by atoms with Gasteiger partial charge in [-0.05, 0) is 5.37 Å². The maximum Gasteiger partial charge on any atom is 2.00 e. The Morgan fingerprint density at radius 1 is 1.30 bits per heavy atom. The molecule has 0 aliphatic rings. The minimum Gasteiger partial charge on any atom is -1.00 e. The van der Waals surface area contributed by atoms with Gasteiger partial charge in [0.15, 0.2) is 0 Å². The van der Waals surface area contributed by atoms with Gasteiger partial charge in [0.05, 0.1) is 0 Å². The molecule has 0 heterocycles. The number of thiocarbonyl (C=S) groups is 1. The van der Waals surface area contributed by atoms with Crippen LogP contribution < -0.4 is 17.0 Å². The second-order valence-corrected chi connectivity index (χ2v) is 1.69. The predicted octanol–water partition coefficient (Wildman–Crippen LogP) is -1.54. The van der Waals surface area contributed by atoms with Crippen LogP contribution in [0.4, 0.5) is 0 Å². The average molecular weight is 225 g/mol. The Kier molecular flexibility index (Phi) is 10.1. The van der Waals surface area contributed by atoms with Gasteiger partial charge in [-0.3, -0.25) is 0 Å². The summed E-state index contributed by atoms with van der Waals surface area (Å²) in [6.45, 7) is 0. The number of rotatable bonds is 1. The zero-order valence-corrected chi connectivity index (χ0v) is 9.20. The molecule has 0 amide bonds. The molecule has 0 nitrogen and oxygen atoms in total. The smallest absolute Gasteiger partial charge is 1.00 e. The van der Waals surface area contributed by atoms with Gasteiger partial charge < -0.3 is 17.0 Å². The molecule has 0 bridgehead atoms. The van der Waals surface area contributed by atoms with Gasteiger partial charge in [0, 0.05) is 0 Å². The molecule has 0 aromatic heterocycles. The molecule has 0 aliphatic heterocycles. The van der Waals surface area contributed by atoms with Crippen LogP contribution in [0, 0.1) is 6.07 Å². The summed E-state index contributed by atoms with van der Waals surface area (Å²) in [5.41, 5.74) is 1.07. The number of hydrogen-bond acceptors (Lipinski definition) is 1. The second-order valence-electron chi connectivity index (χ2n) is 1.45. The van der Waals surface area contributed by atoms with E-state index in [9.17, 15) is 0 Å². The normalized spacial score (nSPS) is 6.80. The Hall–Kier alpha value is 0.556. The van der Waals surface area contributed by atoms with E-state index < -0.39 is 0 Å². The minimum atomic E-state index is 0. The molecule has 0 spiro atoms. The van der Waals surface area contributed by atoms with Crippen LogP contribution in [0.15, 0.2) is 24.3 Å². The van der Waals surface area contributed by atoms with E-state index in [1.807, 2.05) is 24.3 Å². The standard InChI is InChI=1S/C7H5S.BrH.Mg/c8-6-7-4-2-1-3-5-7;;/h2-6H;1H;/q-1;;+2/p-1. The van der Waals surface area contributed by atoms with Crippen molar-refractivity contribution in [2.75, 3.05) is 0 Å². The Morgan fingerprint density at radius 2 is 1.80 bits per heavy atom. The zero-order valence-electron chi connectivity index (χ0n) is 5.38. The van der Waals surface area contributed by atoms with Gasteiger partial charge in [-0.15, -0.1) is 5.56 Å². The van der Waals surface area contributed by atoms with Crippen LogP contribution >= 0.6 is 12.2 Å². The molecule has 1 rings (SSSR count). The van der Waals surface area contributed by atoms with Gasteiger partial charge in [-0.2, -0.15) is 30.3 Å². The fraction of sp³-hybridized carbons (Fsp3) is 0. The summed E-state index contributed by atoms with van der Waals surface area (Å²) >= 11 is 4.68. The summed E-state index contributed by atoms with van der Waals surface area (Å²) in [7, 11) is 0. The van der Waals surface area contributed by atoms with Gasteiger partial charge in [0.25, 0.3) is 0 Å². The first-order valence-corrected chi connectivity index (χ1v) is 2.82. The molecule has 0 radical (unpaired) electrons. The van der Waals surface area contributed by atoms with Gasteiger partial charge in [0.2, 0.25) is 0 Å². The largest absolute Gasteiger partial charge is 2.00 e. The van der Waals surface area contributed by atoms with Crippen molar-refractivity contribution < 1.29 is 17.0 Å². The fourth-order valence-corrected chi connectivity index (χ4v) is 0.635. The first-order chi connectivity index (χ1) is 3.93. The molecule has 0 saturated carbocycles. The third-order valence-corrected chi connectivity index (χ3v) is 1.15. The summed E-state index contributed by atoms with van der Waals surface area (Å²) in [5, 5.41) is 1.65. The molecule has 1 aromatic rings. The van der Waals surface area contributed by atoms with Crippen molar-refractivity contribution >= 4 is 40.6 Å². The van der Waals surface area contributed by atoms with E-state index in [1.165, 1.54) is 0 Å². The van der Waals surface area contributed by atoms with Crippen LogP contribution in [0.2, 0.25) is 0 Å².